The molecule has 1 aliphatic heterocycles. The number of quaternary nitrogens is 2. The summed E-state index contributed by atoms with van der Waals surface area (Å²) in [6, 6.07) is 0. The van der Waals surface area contributed by atoms with E-state index in [1.807, 2.05) is 0 Å². The third-order valence-electron chi connectivity index (χ3n) is 8.46. The minimum atomic E-state index is 0. The fourth-order valence-electron chi connectivity index (χ4n) is 5.60. The van der Waals surface area contributed by atoms with Gasteiger partial charge in [-0.1, -0.05) is 117 Å². The second-order valence-corrected chi connectivity index (χ2v) is 11.9. The van der Waals surface area contributed by atoms with Crippen molar-refractivity contribution in [2.45, 2.75) is 142 Å². The highest BCUT2D eigenvalue weighted by Gasteiger charge is 2.36. The highest BCUT2D eigenvalue weighted by atomic mass is 79.9. The van der Waals surface area contributed by atoms with Crippen molar-refractivity contribution in [3.8, 4) is 0 Å². The van der Waals surface area contributed by atoms with Crippen LogP contribution in [-0.4, -0.2) is 62.3 Å². The predicted octanol–water partition coefficient (Wildman–Crippen LogP) is 2.74. The van der Waals surface area contributed by atoms with Crippen LogP contribution in [0.25, 0.3) is 0 Å². The van der Waals surface area contributed by atoms with Crippen LogP contribution >= 0.6 is 0 Å². The number of likely N-dealkylation sites (N-methyl/N-ethyl adjacent to an activating group) is 2. The highest BCUT2D eigenvalue weighted by Crippen LogP contribution is 2.20. The van der Waals surface area contributed by atoms with Crippen molar-refractivity contribution < 1.29 is 42.9 Å². The third kappa shape index (κ3) is 20.0. The van der Waals surface area contributed by atoms with E-state index in [9.17, 15) is 0 Å². The zero-order valence-electron chi connectivity index (χ0n) is 24.0. The molecule has 1 aliphatic rings. The van der Waals surface area contributed by atoms with E-state index in [1.165, 1.54) is 177 Å². The number of hydrogen-bond donors (Lipinski definition) is 0. The van der Waals surface area contributed by atoms with Crippen LogP contribution in [0.1, 0.15) is 142 Å². The molecule has 0 bridgehead atoms. The Hall–Kier alpha value is 0.880. The molecule has 208 valence electrons. The second kappa shape index (κ2) is 24.2. The van der Waals surface area contributed by atoms with Gasteiger partial charge in [0.2, 0.25) is 0 Å². The monoisotopic (exact) mass is 610 g/mol. The van der Waals surface area contributed by atoms with Crippen LogP contribution in [0, 0.1) is 0 Å². The van der Waals surface area contributed by atoms with Crippen LogP contribution < -0.4 is 34.0 Å². The van der Waals surface area contributed by atoms with Crippen LogP contribution in [0.4, 0.5) is 0 Å². The van der Waals surface area contributed by atoms with Gasteiger partial charge in [0, 0.05) is 0 Å². The molecule has 0 aromatic heterocycles. The van der Waals surface area contributed by atoms with Crippen molar-refractivity contribution in [2.24, 2.45) is 0 Å². The van der Waals surface area contributed by atoms with Gasteiger partial charge >= 0.3 is 0 Å². The molecule has 34 heavy (non-hydrogen) atoms. The fourth-order valence-corrected chi connectivity index (χ4v) is 5.60. The van der Waals surface area contributed by atoms with E-state index in [4.69, 9.17) is 0 Å². The van der Waals surface area contributed by atoms with Crippen LogP contribution in [0.5, 0.6) is 0 Å². The average molecular weight is 613 g/mol. The van der Waals surface area contributed by atoms with E-state index in [0.29, 0.717) is 0 Å². The van der Waals surface area contributed by atoms with Crippen LogP contribution in [-0.2, 0) is 0 Å². The van der Waals surface area contributed by atoms with E-state index in [2.05, 4.69) is 27.9 Å². The molecule has 0 radical (unpaired) electrons. The Labute approximate surface area is 237 Å². The van der Waals surface area contributed by atoms with E-state index in [0.717, 1.165) is 0 Å². The van der Waals surface area contributed by atoms with E-state index < -0.39 is 0 Å². The Morgan fingerprint density at radius 1 is 0.353 bits per heavy atom. The zero-order valence-corrected chi connectivity index (χ0v) is 27.2. The van der Waals surface area contributed by atoms with Gasteiger partial charge < -0.3 is 42.9 Å². The minimum absolute atomic E-state index is 0. The van der Waals surface area contributed by atoms with Gasteiger partial charge in [-0.15, -0.1) is 0 Å². The normalized spacial score (nSPS) is 22.2. The van der Waals surface area contributed by atoms with Crippen molar-refractivity contribution >= 4 is 0 Å². The lowest BCUT2D eigenvalue weighted by atomic mass is 10.1. The maximum absolute atomic E-state index is 2.54. The molecule has 1 fully saturated rings. The summed E-state index contributed by atoms with van der Waals surface area (Å²) in [6.07, 6.45) is 29.1. The highest BCUT2D eigenvalue weighted by molar-refractivity contribution is 4.54. The lowest BCUT2D eigenvalue weighted by Gasteiger charge is -2.46. The maximum Gasteiger partial charge on any atom is 0.128 e. The maximum atomic E-state index is 2.54. The summed E-state index contributed by atoms with van der Waals surface area (Å²) in [4.78, 5) is 0. The lowest BCUT2D eigenvalue weighted by molar-refractivity contribution is -1.02. The number of hydrogen-bond acceptors (Lipinski definition) is 0. The summed E-state index contributed by atoms with van der Waals surface area (Å²) in [7, 11) is 5.08. The largest absolute Gasteiger partial charge is 1.00 e. The van der Waals surface area contributed by atoms with Crippen molar-refractivity contribution in [1.29, 1.82) is 0 Å². The smallest absolute Gasteiger partial charge is 0.128 e. The fraction of sp³-hybridized carbons (Fsp3) is 1.00. The van der Waals surface area contributed by atoms with Crippen LogP contribution in [0.15, 0.2) is 0 Å². The molecule has 2 nitrogen and oxygen atoms in total. The van der Waals surface area contributed by atoms with E-state index in [1.54, 1.807) is 0 Å². The molecule has 0 unspecified atom stereocenters. The number of rotatable bonds is 22. The van der Waals surface area contributed by atoms with Gasteiger partial charge in [-0.2, -0.15) is 0 Å². The molecule has 0 spiro atoms. The Morgan fingerprint density at radius 3 is 0.794 bits per heavy atom. The van der Waals surface area contributed by atoms with Gasteiger partial charge in [0.25, 0.3) is 0 Å². The first kappa shape index (κ1) is 37.0. The van der Waals surface area contributed by atoms with Gasteiger partial charge in [0.15, 0.2) is 0 Å². The first-order valence-corrected chi connectivity index (χ1v) is 15.2. The standard InChI is InChI=1S/C30H64N2.2BrH/c1-5-7-9-11-13-15-17-19-21-23-25-31(3)27-29-32(4,30-28-31)26-24-22-20-18-16-14-12-10-8-6-2;;/h5-30H2,1-4H3;2*1H/q+2;;/p-2. The summed E-state index contributed by atoms with van der Waals surface area (Å²) >= 11 is 0. The molecule has 0 atom stereocenters. The Morgan fingerprint density at radius 2 is 0.559 bits per heavy atom. The first-order valence-electron chi connectivity index (χ1n) is 15.2. The van der Waals surface area contributed by atoms with Gasteiger partial charge in [-0.25, -0.2) is 0 Å². The quantitative estimate of drug-likeness (QED) is 0.130. The van der Waals surface area contributed by atoms with Crippen molar-refractivity contribution in [3.63, 3.8) is 0 Å². The molecule has 1 rings (SSSR count). The van der Waals surface area contributed by atoms with Gasteiger partial charge in [0.1, 0.15) is 26.2 Å². The molecule has 4 heteroatoms. The SMILES string of the molecule is CCCCCCCCCCCC[N+]1(C)CC[N+](C)(CCCCCCCCCCCC)CC1.[Br-].[Br-]. The Balaban J connectivity index is 0. The second-order valence-electron chi connectivity index (χ2n) is 11.9. The molecule has 1 saturated heterocycles. The summed E-state index contributed by atoms with van der Waals surface area (Å²) in [6.45, 7) is 13.1. The Kier molecular flexibility index (Phi) is 26.4. The molecule has 0 aromatic rings. The van der Waals surface area contributed by atoms with E-state index in [-0.39, 0.29) is 34.0 Å². The molecule has 0 aromatic carbocycles. The number of unbranched alkanes of at least 4 members (excludes halogenated alkanes) is 18. The van der Waals surface area contributed by atoms with Crippen LogP contribution in [0.2, 0.25) is 0 Å². The lowest BCUT2D eigenvalue weighted by Crippen LogP contribution is -3.00. The van der Waals surface area contributed by atoms with Crippen LogP contribution in [0.3, 0.4) is 0 Å². The minimum Gasteiger partial charge on any atom is -1.00 e. The Bertz CT molecular complexity index is 371. The van der Waals surface area contributed by atoms with Gasteiger partial charge in [-0.05, 0) is 25.7 Å². The van der Waals surface area contributed by atoms with E-state index >= 15 is 0 Å². The summed E-state index contributed by atoms with van der Waals surface area (Å²) in [5, 5.41) is 0. The number of halogens is 2. The third-order valence-corrected chi connectivity index (χ3v) is 8.46. The average Bonchev–Trinajstić information content (AvgIpc) is 2.79. The summed E-state index contributed by atoms with van der Waals surface area (Å²) in [5.74, 6) is 0. The number of piperazine rings is 1. The summed E-state index contributed by atoms with van der Waals surface area (Å²) in [5.41, 5.74) is 0. The van der Waals surface area contributed by atoms with Gasteiger partial charge in [0.05, 0.1) is 27.2 Å². The summed E-state index contributed by atoms with van der Waals surface area (Å²) < 4.78 is 2.70. The first-order chi connectivity index (χ1) is 15.5. The molecule has 0 N–H and O–H groups in total. The molecular weight excluding hydrogens is 548 g/mol. The molecule has 1 heterocycles. The van der Waals surface area contributed by atoms with Crippen molar-refractivity contribution in [1.82, 2.24) is 0 Å². The number of nitrogens with zero attached hydrogens (tertiary/aromatic N) is 2. The molecule has 0 amide bonds. The van der Waals surface area contributed by atoms with Crippen molar-refractivity contribution in [2.75, 3.05) is 53.4 Å². The predicted molar refractivity (Wildman–Crippen MR) is 145 cm³/mol. The molecule has 0 aliphatic carbocycles. The zero-order chi connectivity index (χ0) is 23.4. The molecule has 0 saturated carbocycles. The van der Waals surface area contributed by atoms with Crippen molar-refractivity contribution in [3.05, 3.63) is 0 Å². The molecular formula is C30H64Br2N2. The van der Waals surface area contributed by atoms with Gasteiger partial charge in [-0.3, -0.25) is 0 Å². The topological polar surface area (TPSA) is 0 Å².